The molecule has 0 aliphatic heterocycles. The van der Waals surface area contributed by atoms with E-state index in [0.29, 0.717) is 24.9 Å². The van der Waals surface area contributed by atoms with Crippen LogP contribution < -0.4 is 10.9 Å². The minimum atomic E-state index is -0.0738. The minimum absolute atomic E-state index is 0.0164. The number of methoxy groups -OCH3 is 1. The molecule has 6 nitrogen and oxygen atoms in total. The van der Waals surface area contributed by atoms with Gasteiger partial charge in [-0.1, -0.05) is 42.1 Å². The molecule has 1 aliphatic rings. The van der Waals surface area contributed by atoms with Gasteiger partial charge in [0.1, 0.15) is 4.83 Å². The zero-order chi connectivity index (χ0) is 20.9. The molecule has 0 bridgehead atoms. The molecule has 8 heteroatoms. The second kappa shape index (κ2) is 9.76. The van der Waals surface area contributed by atoms with E-state index in [4.69, 9.17) is 9.72 Å². The van der Waals surface area contributed by atoms with Crippen molar-refractivity contribution in [3.63, 3.8) is 0 Å². The summed E-state index contributed by atoms with van der Waals surface area (Å²) in [7, 11) is 1.66. The van der Waals surface area contributed by atoms with E-state index in [9.17, 15) is 9.59 Å². The summed E-state index contributed by atoms with van der Waals surface area (Å²) in [5.41, 5.74) is 2.26. The Bertz CT molecular complexity index is 1090. The van der Waals surface area contributed by atoms with Gasteiger partial charge in [-0.25, -0.2) is 4.98 Å². The molecular formula is C22H25N3O3S2. The van der Waals surface area contributed by atoms with Crippen molar-refractivity contribution in [2.45, 2.75) is 43.9 Å². The van der Waals surface area contributed by atoms with Crippen LogP contribution in [0.25, 0.3) is 10.2 Å². The molecule has 158 valence electrons. The quantitative estimate of drug-likeness (QED) is 0.312. The van der Waals surface area contributed by atoms with Gasteiger partial charge in [-0.2, -0.15) is 0 Å². The monoisotopic (exact) mass is 443 g/mol. The molecule has 0 unspecified atom stereocenters. The first-order valence-electron chi connectivity index (χ1n) is 10.1. The van der Waals surface area contributed by atoms with Gasteiger partial charge in [0.15, 0.2) is 5.16 Å². The van der Waals surface area contributed by atoms with Crippen molar-refractivity contribution >= 4 is 39.2 Å². The molecular weight excluding hydrogens is 418 g/mol. The predicted molar refractivity (Wildman–Crippen MR) is 121 cm³/mol. The fraction of sp³-hybridized carbons (Fsp3) is 0.409. The molecule has 0 fully saturated rings. The number of benzene rings is 1. The fourth-order valence-corrected chi connectivity index (χ4v) is 5.87. The highest BCUT2D eigenvalue weighted by Gasteiger charge is 2.23. The molecule has 0 saturated carbocycles. The maximum atomic E-state index is 13.3. The maximum absolute atomic E-state index is 13.3. The van der Waals surface area contributed by atoms with Gasteiger partial charge < -0.3 is 10.1 Å². The first kappa shape index (κ1) is 21.1. The van der Waals surface area contributed by atoms with Gasteiger partial charge in [0.25, 0.3) is 5.56 Å². The Balaban J connectivity index is 1.52. The van der Waals surface area contributed by atoms with Gasteiger partial charge in [0, 0.05) is 31.7 Å². The summed E-state index contributed by atoms with van der Waals surface area (Å²) in [6, 6.07) is 9.81. The largest absolute Gasteiger partial charge is 0.385 e. The maximum Gasteiger partial charge on any atom is 0.263 e. The number of amides is 1. The lowest BCUT2D eigenvalue weighted by atomic mass is 10.2. The molecule has 4 rings (SSSR count). The number of aryl methyl sites for hydroxylation is 2. The van der Waals surface area contributed by atoms with Crippen LogP contribution in [0.4, 0.5) is 0 Å². The highest BCUT2D eigenvalue weighted by atomic mass is 32.2. The van der Waals surface area contributed by atoms with Crippen molar-refractivity contribution in [2.75, 3.05) is 19.5 Å². The van der Waals surface area contributed by atoms with Crippen molar-refractivity contribution in [1.82, 2.24) is 14.9 Å². The molecule has 0 atom stereocenters. The van der Waals surface area contributed by atoms with Gasteiger partial charge in [0.05, 0.1) is 11.1 Å². The number of nitrogens with zero attached hydrogens (tertiary/aromatic N) is 2. The Morgan fingerprint density at radius 3 is 2.93 bits per heavy atom. The van der Waals surface area contributed by atoms with E-state index in [0.717, 1.165) is 41.5 Å². The van der Waals surface area contributed by atoms with Crippen LogP contribution in [0.5, 0.6) is 0 Å². The normalized spacial score (nSPS) is 13.0. The Kier molecular flexibility index (Phi) is 6.86. The van der Waals surface area contributed by atoms with Crippen LogP contribution in [-0.2, 0) is 35.5 Å². The predicted octanol–water partition coefficient (Wildman–Crippen LogP) is 3.39. The number of fused-ring (bicyclic) bond motifs is 3. The average Bonchev–Trinajstić information content (AvgIpc) is 3.34. The van der Waals surface area contributed by atoms with Gasteiger partial charge in [-0.15, -0.1) is 11.3 Å². The topological polar surface area (TPSA) is 73.2 Å². The third-order valence-corrected chi connectivity index (χ3v) is 7.35. The molecule has 0 saturated heterocycles. The standard InChI is InChI=1S/C22H25N3O3S2/c1-28-12-6-11-25-21(27)19-16-9-5-10-17(16)30-20(19)24-22(25)29-14-18(26)23-13-15-7-3-2-4-8-15/h2-4,7-8H,5-6,9-14H2,1H3,(H,23,26). The lowest BCUT2D eigenvalue weighted by Gasteiger charge is -2.12. The molecule has 30 heavy (non-hydrogen) atoms. The van der Waals surface area contributed by atoms with E-state index in [1.807, 2.05) is 30.3 Å². The Morgan fingerprint density at radius 2 is 2.13 bits per heavy atom. The molecule has 1 amide bonds. The SMILES string of the molecule is COCCCn1c(SCC(=O)NCc2ccccc2)nc2sc3c(c2c1=O)CCC3. The molecule has 1 N–H and O–H groups in total. The number of thioether (sulfide) groups is 1. The molecule has 1 aromatic carbocycles. The highest BCUT2D eigenvalue weighted by molar-refractivity contribution is 7.99. The number of ether oxygens (including phenoxy) is 1. The lowest BCUT2D eigenvalue weighted by Crippen LogP contribution is -2.27. The summed E-state index contributed by atoms with van der Waals surface area (Å²) >= 11 is 2.95. The van der Waals surface area contributed by atoms with Crippen LogP contribution in [0.2, 0.25) is 0 Å². The third-order valence-electron chi connectivity index (χ3n) is 5.18. The van der Waals surface area contributed by atoms with Crippen LogP contribution >= 0.6 is 23.1 Å². The average molecular weight is 444 g/mol. The van der Waals surface area contributed by atoms with Crippen LogP contribution in [0.1, 0.15) is 28.8 Å². The molecule has 0 radical (unpaired) electrons. The number of rotatable bonds is 9. The van der Waals surface area contributed by atoms with E-state index < -0.39 is 0 Å². The Hall–Kier alpha value is -2.16. The molecule has 1 aliphatic carbocycles. The van der Waals surface area contributed by atoms with Crippen molar-refractivity contribution in [3.8, 4) is 0 Å². The zero-order valence-electron chi connectivity index (χ0n) is 17.0. The van der Waals surface area contributed by atoms with Crippen molar-refractivity contribution < 1.29 is 9.53 Å². The summed E-state index contributed by atoms with van der Waals surface area (Å²) < 4.78 is 6.88. The van der Waals surface area contributed by atoms with Crippen LogP contribution in [0, 0.1) is 0 Å². The van der Waals surface area contributed by atoms with Gasteiger partial charge in [-0.3, -0.25) is 14.2 Å². The highest BCUT2D eigenvalue weighted by Crippen LogP contribution is 2.35. The smallest absolute Gasteiger partial charge is 0.263 e. The molecule has 0 spiro atoms. The number of carbonyl (C=O) groups is 1. The number of carbonyl (C=O) groups excluding carboxylic acids is 1. The van der Waals surface area contributed by atoms with E-state index in [-0.39, 0.29) is 17.2 Å². The first-order chi connectivity index (χ1) is 14.7. The molecule has 2 heterocycles. The van der Waals surface area contributed by atoms with Crippen molar-refractivity contribution in [1.29, 1.82) is 0 Å². The number of nitrogens with one attached hydrogen (secondary N) is 1. The number of hydrogen-bond acceptors (Lipinski definition) is 6. The van der Waals surface area contributed by atoms with Gasteiger partial charge in [-0.05, 0) is 36.8 Å². The first-order valence-corrected chi connectivity index (χ1v) is 11.9. The van der Waals surface area contributed by atoms with Crippen molar-refractivity contribution in [3.05, 3.63) is 56.7 Å². The second-order valence-corrected chi connectivity index (χ2v) is 9.31. The Labute approximate surface area is 183 Å². The van der Waals surface area contributed by atoms with Gasteiger partial charge in [0.2, 0.25) is 5.91 Å². The van der Waals surface area contributed by atoms with Gasteiger partial charge >= 0.3 is 0 Å². The summed E-state index contributed by atoms with van der Waals surface area (Å²) in [6.45, 7) is 1.60. The molecule has 3 aromatic rings. The summed E-state index contributed by atoms with van der Waals surface area (Å²) in [4.78, 5) is 32.5. The lowest BCUT2D eigenvalue weighted by molar-refractivity contribution is -0.118. The summed E-state index contributed by atoms with van der Waals surface area (Å²) in [5, 5.41) is 4.32. The number of aromatic nitrogens is 2. The van der Waals surface area contributed by atoms with E-state index in [2.05, 4.69) is 5.32 Å². The summed E-state index contributed by atoms with van der Waals surface area (Å²) in [6.07, 6.45) is 3.82. The number of thiophene rings is 1. The van der Waals surface area contributed by atoms with Crippen LogP contribution in [-0.4, -0.2) is 34.9 Å². The minimum Gasteiger partial charge on any atom is -0.385 e. The van der Waals surface area contributed by atoms with Crippen LogP contribution in [0.3, 0.4) is 0 Å². The zero-order valence-corrected chi connectivity index (χ0v) is 18.6. The van der Waals surface area contributed by atoms with E-state index in [1.54, 1.807) is 23.0 Å². The van der Waals surface area contributed by atoms with E-state index >= 15 is 0 Å². The second-order valence-electron chi connectivity index (χ2n) is 7.29. The number of hydrogen-bond donors (Lipinski definition) is 1. The Morgan fingerprint density at radius 1 is 1.30 bits per heavy atom. The molecule has 2 aromatic heterocycles. The van der Waals surface area contributed by atoms with E-state index in [1.165, 1.54) is 22.2 Å². The third kappa shape index (κ3) is 4.61. The van der Waals surface area contributed by atoms with Crippen LogP contribution in [0.15, 0.2) is 40.3 Å². The van der Waals surface area contributed by atoms with Crippen molar-refractivity contribution in [2.24, 2.45) is 0 Å². The summed E-state index contributed by atoms with van der Waals surface area (Å²) in [5.74, 6) is 0.149. The fourth-order valence-electron chi connectivity index (χ4n) is 3.71.